The van der Waals surface area contributed by atoms with Gasteiger partial charge in [0.15, 0.2) is 0 Å². The molecule has 0 saturated heterocycles. The number of sulfonamides is 1. The first kappa shape index (κ1) is 15.4. The monoisotopic (exact) mass is 288 g/mol. The third-order valence-corrected chi connectivity index (χ3v) is 3.36. The molecule has 1 aromatic rings. The summed E-state index contributed by atoms with van der Waals surface area (Å²) >= 11 is 0. The maximum atomic E-state index is 11.2. The number of anilines is 1. The number of aliphatic hydroxyl groups is 1. The first-order valence-electron chi connectivity index (χ1n) is 5.61. The molecule has 0 atom stereocenters. The minimum absolute atomic E-state index is 0.0673. The van der Waals surface area contributed by atoms with E-state index in [9.17, 15) is 13.2 Å². The maximum Gasteiger partial charge on any atom is 0.337 e. The topological polar surface area (TPSA) is 130 Å². The van der Waals surface area contributed by atoms with Gasteiger partial charge < -0.3 is 15.5 Å². The number of nitrogens with two attached hydrogens (primary N) is 1. The molecule has 0 aliphatic heterocycles. The average molecular weight is 288 g/mol. The molecule has 1 rings (SSSR count). The first-order valence-corrected chi connectivity index (χ1v) is 7.16. The van der Waals surface area contributed by atoms with Gasteiger partial charge in [-0.2, -0.15) is 0 Å². The van der Waals surface area contributed by atoms with Crippen LogP contribution >= 0.6 is 0 Å². The summed E-state index contributed by atoms with van der Waals surface area (Å²) in [6.07, 6.45) is 1.27. The molecule has 5 N–H and O–H groups in total. The van der Waals surface area contributed by atoms with Crippen molar-refractivity contribution in [3.05, 3.63) is 23.8 Å². The molecular weight excluding hydrogens is 272 g/mol. The molecule has 0 unspecified atom stereocenters. The smallest absolute Gasteiger partial charge is 0.337 e. The Hall–Kier alpha value is -1.64. The largest absolute Gasteiger partial charge is 0.478 e. The Morgan fingerprint density at radius 1 is 1.32 bits per heavy atom. The van der Waals surface area contributed by atoms with Crippen molar-refractivity contribution in [1.82, 2.24) is 0 Å². The van der Waals surface area contributed by atoms with Gasteiger partial charge in [-0.3, -0.25) is 0 Å². The number of nitrogens with one attached hydrogen (secondary N) is 1. The van der Waals surface area contributed by atoms with E-state index in [0.29, 0.717) is 25.1 Å². The summed E-state index contributed by atoms with van der Waals surface area (Å²) in [5, 5.41) is 25.5. The van der Waals surface area contributed by atoms with Crippen LogP contribution in [0.25, 0.3) is 0 Å². The van der Waals surface area contributed by atoms with Crippen LogP contribution < -0.4 is 10.5 Å². The Kier molecular flexibility index (Phi) is 5.28. The highest BCUT2D eigenvalue weighted by atomic mass is 32.2. The minimum atomic E-state index is -3.93. The number of aromatic carboxylic acids is 1. The fourth-order valence-corrected chi connectivity index (χ4v) is 2.03. The zero-order valence-corrected chi connectivity index (χ0v) is 11.0. The van der Waals surface area contributed by atoms with Crippen molar-refractivity contribution >= 4 is 21.7 Å². The van der Waals surface area contributed by atoms with Crippen molar-refractivity contribution in [2.45, 2.75) is 17.7 Å². The second-order valence-electron chi connectivity index (χ2n) is 3.92. The van der Waals surface area contributed by atoms with Gasteiger partial charge in [0.05, 0.1) is 10.5 Å². The summed E-state index contributed by atoms with van der Waals surface area (Å²) in [7, 11) is -3.93. The molecule has 8 heteroatoms. The van der Waals surface area contributed by atoms with Gasteiger partial charge in [-0.05, 0) is 31.0 Å². The molecular formula is C11H16N2O5S. The van der Waals surface area contributed by atoms with Crippen LogP contribution in [-0.4, -0.2) is 37.8 Å². The SMILES string of the molecule is NS(=O)(=O)c1ccc(NCCCCO)c(C(=O)O)c1. The molecule has 0 aliphatic rings. The molecule has 0 aliphatic carbocycles. The van der Waals surface area contributed by atoms with E-state index in [0.717, 1.165) is 6.07 Å². The van der Waals surface area contributed by atoms with Gasteiger partial charge in [0.2, 0.25) is 10.0 Å². The van der Waals surface area contributed by atoms with Crippen molar-refractivity contribution in [3.63, 3.8) is 0 Å². The van der Waals surface area contributed by atoms with Gasteiger partial charge in [0.25, 0.3) is 0 Å². The fourth-order valence-electron chi connectivity index (χ4n) is 1.49. The lowest BCUT2D eigenvalue weighted by Gasteiger charge is -2.10. The number of hydrogen-bond acceptors (Lipinski definition) is 5. The number of primary sulfonamides is 1. The van der Waals surface area contributed by atoms with E-state index in [1.54, 1.807) is 0 Å². The molecule has 0 aromatic heterocycles. The zero-order valence-electron chi connectivity index (χ0n) is 10.2. The van der Waals surface area contributed by atoms with Crippen LogP contribution in [0.2, 0.25) is 0 Å². The van der Waals surface area contributed by atoms with Crippen LogP contribution in [0.5, 0.6) is 0 Å². The van der Waals surface area contributed by atoms with Crippen molar-refractivity contribution < 1.29 is 23.4 Å². The van der Waals surface area contributed by atoms with Gasteiger partial charge >= 0.3 is 5.97 Å². The van der Waals surface area contributed by atoms with Crippen molar-refractivity contribution in [3.8, 4) is 0 Å². The molecule has 106 valence electrons. The van der Waals surface area contributed by atoms with E-state index in [-0.39, 0.29) is 17.1 Å². The van der Waals surface area contributed by atoms with E-state index >= 15 is 0 Å². The average Bonchev–Trinajstić information content (AvgIpc) is 2.33. The molecule has 0 bridgehead atoms. The molecule has 0 fully saturated rings. The summed E-state index contributed by atoms with van der Waals surface area (Å²) in [4.78, 5) is 10.8. The van der Waals surface area contributed by atoms with Gasteiger partial charge in [0.1, 0.15) is 0 Å². The standard InChI is InChI=1S/C11H16N2O5S/c12-19(17,18)8-3-4-10(9(7-8)11(15)16)13-5-1-2-6-14/h3-4,7,13-14H,1-2,5-6H2,(H,15,16)(H2,12,17,18). The van der Waals surface area contributed by atoms with E-state index in [1.807, 2.05) is 0 Å². The Bertz CT molecular complexity index is 556. The van der Waals surface area contributed by atoms with Crippen molar-refractivity contribution in [1.29, 1.82) is 0 Å². The number of rotatable bonds is 7. The third-order valence-electron chi connectivity index (χ3n) is 2.45. The van der Waals surface area contributed by atoms with Crippen LogP contribution in [-0.2, 0) is 10.0 Å². The Labute approximate surface area is 111 Å². The molecule has 0 heterocycles. The second-order valence-corrected chi connectivity index (χ2v) is 5.48. The molecule has 0 amide bonds. The molecule has 0 spiro atoms. The summed E-state index contributed by atoms with van der Waals surface area (Å²) in [6, 6.07) is 3.63. The lowest BCUT2D eigenvalue weighted by Crippen LogP contribution is -2.14. The molecule has 19 heavy (non-hydrogen) atoms. The summed E-state index contributed by atoms with van der Waals surface area (Å²) in [6.45, 7) is 0.549. The number of hydrogen-bond donors (Lipinski definition) is 4. The van der Waals surface area contributed by atoms with Crippen LogP contribution in [0.15, 0.2) is 23.1 Å². The number of carbonyl (C=O) groups is 1. The van der Waals surface area contributed by atoms with Crippen LogP contribution in [0.1, 0.15) is 23.2 Å². The number of carboxylic acids is 1. The van der Waals surface area contributed by atoms with E-state index in [2.05, 4.69) is 5.32 Å². The number of carboxylic acid groups (broad SMARTS) is 1. The van der Waals surface area contributed by atoms with E-state index in [4.69, 9.17) is 15.4 Å². The minimum Gasteiger partial charge on any atom is -0.478 e. The lowest BCUT2D eigenvalue weighted by molar-refractivity contribution is 0.0697. The van der Waals surface area contributed by atoms with Gasteiger partial charge in [-0.15, -0.1) is 0 Å². The number of benzene rings is 1. The van der Waals surface area contributed by atoms with Crippen molar-refractivity contribution in [2.24, 2.45) is 5.14 Å². The highest BCUT2D eigenvalue weighted by molar-refractivity contribution is 7.89. The van der Waals surface area contributed by atoms with Crippen LogP contribution in [0.3, 0.4) is 0 Å². The van der Waals surface area contributed by atoms with Gasteiger partial charge in [-0.1, -0.05) is 0 Å². The number of aliphatic hydroxyl groups excluding tert-OH is 1. The summed E-state index contributed by atoms with van der Waals surface area (Å²) < 4.78 is 22.3. The van der Waals surface area contributed by atoms with Crippen LogP contribution in [0, 0.1) is 0 Å². The third kappa shape index (κ3) is 4.51. The first-order chi connectivity index (χ1) is 8.86. The maximum absolute atomic E-state index is 11.2. The van der Waals surface area contributed by atoms with Gasteiger partial charge in [-0.25, -0.2) is 18.4 Å². The normalized spacial score (nSPS) is 11.3. The Morgan fingerprint density at radius 2 is 2.00 bits per heavy atom. The predicted molar refractivity (Wildman–Crippen MR) is 69.6 cm³/mol. The Balaban J connectivity index is 2.96. The molecule has 0 saturated carbocycles. The highest BCUT2D eigenvalue weighted by Crippen LogP contribution is 2.20. The van der Waals surface area contributed by atoms with E-state index < -0.39 is 16.0 Å². The Morgan fingerprint density at radius 3 is 2.53 bits per heavy atom. The lowest BCUT2D eigenvalue weighted by atomic mass is 10.1. The zero-order chi connectivity index (χ0) is 14.5. The molecule has 0 radical (unpaired) electrons. The van der Waals surface area contributed by atoms with Gasteiger partial charge in [0, 0.05) is 18.8 Å². The summed E-state index contributed by atoms with van der Waals surface area (Å²) in [5.41, 5.74) is 0.161. The van der Waals surface area contributed by atoms with E-state index in [1.165, 1.54) is 12.1 Å². The van der Waals surface area contributed by atoms with Crippen molar-refractivity contribution in [2.75, 3.05) is 18.5 Å². The summed E-state index contributed by atoms with van der Waals surface area (Å²) in [5.74, 6) is -1.24. The predicted octanol–water partition coefficient (Wildman–Crippen LogP) is 0.217. The molecule has 7 nitrogen and oxygen atoms in total. The number of unbranched alkanes of at least 4 members (excludes halogenated alkanes) is 1. The fraction of sp³-hybridized carbons (Fsp3) is 0.364. The van der Waals surface area contributed by atoms with Crippen LogP contribution in [0.4, 0.5) is 5.69 Å². The second kappa shape index (κ2) is 6.50. The quantitative estimate of drug-likeness (QED) is 0.531. The highest BCUT2D eigenvalue weighted by Gasteiger charge is 2.15. The molecule has 1 aromatic carbocycles.